The van der Waals surface area contributed by atoms with E-state index in [0.717, 1.165) is 23.0 Å². The largest absolute Gasteiger partial charge is 0.444 e. The van der Waals surface area contributed by atoms with Crippen molar-refractivity contribution in [3.05, 3.63) is 47.7 Å². The smallest absolute Gasteiger partial charge is 0.199 e. The van der Waals surface area contributed by atoms with E-state index in [9.17, 15) is 0 Å². The molecule has 17 heavy (non-hydrogen) atoms. The minimum atomic E-state index is 0.386. The number of halogens is 1. The Labute approximate surface area is 106 Å². The fourth-order valence-corrected chi connectivity index (χ4v) is 2.10. The van der Waals surface area contributed by atoms with E-state index >= 15 is 0 Å². The summed E-state index contributed by atoms with van der Waals surface area (Å²) in [5.41, 5.74) is 1.86. The molecule has 0 aliphatic rings. The maximum Gasteiger partial charge on any atom is 0.199 e. The summed E-state index contributed by atoms with van der Waals surface area (Å²) >= 11 is 6.10. The summed E-state index contributed by atoms with van der Waals surface area (Å²) in [6, 6.07) is 8.28. The Balaban J connectivity index is 2.17. The number of benzene rings is 1. The lowest BCUT2D eigenvalue weighted by Crippen LogP contribution is -2.24. The molecule has 1 atom stereocenters. The Morgan fingerprint density at radius 3 is 3.00 bits per heavy atom. The molecule has 0 saturated carbocycles. The van der Waals surface area contributed by atoms with Crippen molar-refractivity contribution in [3.63, 3.8) is 0 Å². The number of hydrogen-bond acceptors (Lipinski definition) is 2. The maximum atomic E-state index is 6.10. The van der Waals surface area contributed by atoms with Crippen LogP contribution in [0.3, 0.4) is 0 Å². The lowest BCUT2D eigenvalue weighted by atomic mass is 10.1. The third-order valence-electron chi connectivity index (χ3n) is 2.80. The van der Waals surface area contributed by atoms with Gasteiger partial charge in [0.1, 0.15) is 5.58 Å². The average Bonchev–Trinajstić information content (AvgIpc) is 2.62. The predicted octanol–water partition coefficient (Wildman–Crippen LogP) is 4.14. The van der Waals surface area contributed by atoms with Crippen LogP contribution in [0, 0.1) is 0 Å². The quantitative estimate of drug-likeness (QED) is 0.806. The van der Waals surface area contributed by atoms with Gasteiger partial charge in [-0.1, -0.05) is 24.3 Å². The monoisotopic (exact) mass is 249 g/mol. The molecule has 0 bridgehead atoms. The van der Waals surface area contributed by atoms with Gasteiger partial charge in [0, 0.05) is 23.5 Å². The Kier molecular flexibility index (Phi) is 3.87. The molecule has 0 aliphatic carbocycles. The first-order valence-electron chi connectivity index (χ1n) is 5.72. The Bertz CT molecular complexity index is 518. The molecular weight excluding hydrogens is 234 g/mol. The van der Waals surface area contributed by atoms with Crippen molar-refractivity contribution in [2.75, 3.05) is 0 Å². The molecular formula is C14H16ClNO. The molecule has 0 aliphatic heterocycles. The van der Waals surface area contributed by atoms with Crippen LogP contribution in [0.25, 0.3) is 11.0 Å². The molecule has 90 valence electrons. The average molecular weight is 250 g/mol. The summed E-state index contributed by atoms with van der Waals surface area (Å²) in [5, 5.41) is 4.96. The minimum absolute atomic E-state index is 0.386. The van der Waals surface area contributed by atoms with E-state index in [0.29, 0.717) is 17.8 Å². The SMILES string of the molecule is C=CCC(C)NCc1c(Cl)oc2ccccc12. The molecule has 1 N–H and O–H groups in total. The number of fused-ring (bicyclic) bond motifs is 1. The predicted molar refractivity (Wildman–Crippen MR) is 72.3 cm³/mol. The van der Waals surface area contributed by atoms with Crippen LogP contribution >= 0.6 is 11.6 Å². The van der Waals surface area contributed by atoms with Crippen molar-refractivity contribution < 1.29 is 4.42 Å². The van der Waals surface area contributed by atoms with Crippen LogP contribution in [0.2, 0.25) is 5.22 Å². The lowest BCUT2D eigenvalue weighted by Gasteiger charge is -2.10. The maximum absolute atomic E-state index is 6.10. The summed E-state index contributed by atoms with van der Waals surface area (Å²) in [4.78, 5) is 0. The van der Waals surface area contributed by atoms with E-state index in [1.54, 1.807) is 0 Å². The lowest BCUT2D eigenvalue weighted by molar-refractivity contribution is 0.547. The first-order chi connectivity index (χ1) is 8.22. The van der Waals surface area contributed by atoms with Gasteiger partial charge in [0.25, 0.3) is 0 Å². The zero-order chi connectivity index (χ0) is 12.3. The van der Waals surface area contributed by atoms with Gasteiger partial charge in [0.2, 0.25) is 0 Å². The van der Waals surface area contributed by atoms with Gasteiger partial charge in [-0.05, 0) is 31.0 Å². The molecule has 1 aromatic heterocycles. The van der Waals surface area contributed by atoms with E-state index in [1.807, 2.05) is 30.3 Å². The van der Waals surface area contributed by atoms with E-state index in [-0.39, 0.29) is 0 Å². The highest BCUT2D eigenvalue weighted by molar-refractivity contribution is 6.30. The molecule has 0 radical (unpaired) electrons. The van der Waals surface area contributed by atoms with Crippen LogP contribution < -0.4 is 5.32 Å². The second-order valence-electron chi connectivity index (χ2n) is 4.16. The van der Waals surface area contributed by atoms with Gasteiger partial charge in [-0.3, -0.25) is 0 Å². The number of furan rings is 1. The fraction of sp³-hybridized carbons (Fsp3) is 0.286. The molecule has 0 fully saturated rings. The van der Waals surface area contributed by atoms with Gasteiger partial charge < -0.3 is 9.73 Å². The molecule has 1 aromatic carbocycles. The summed E-state index contributed by atoms with van der Waals surface area (Å²) in [6.07, 6.45) is 2.85. The summed E-state index contributed by atoms with van der Waals surface area (Å²) < 4.78 is 5.50. The van der Waals surface area contributed by atoms with Crippen LogP contribution in [0.1, 0.15) is 18.9 Å². The van der Waals surface area contributed by atoms with Crippen LogP contribution in [0.5, 0.6) is 0 Å². The summed E-state index contributed by atoms with van der Waals surface area (Å²) in [5.74, 6) is 0. The molecule has 1 unspecified atom stereocenters. The van der Waals surface area contributed by atoms with Gasteiger partial charge in [0.15, 0.2) is 5.22 Å². The second kappa shape index (κ2) is 5.39. The molecule has 1 heterocycles. The number of hydrogen-bond donors (Lipinski definition) is 1. The molecule has 2 nitrogen and oxygen atoms in total. The van der Waals surface area contributed by atoms with E-state index in [2.05, 4.69) is 18.8 Å². The highest BCUT2D eigenvalue weighted by atomic mass is 35.5. The first kappa shape index (κ1) is 12.2. The van der Waals surface area contributed by atoms with Crippen molar-refractivity contribution in [2.24, 2.45) is 0 Å². The standard InChI is InChI=1S/C14H16ClNO/c1-3-6-10(2)16-9-12-11-7-4-5-8-13(11)17-14(12)15/h3-5,7-8,10,16H,1,6,9H2,2H3. The van der Waals surface area contributed by atoms with Gasteiger partial charge in [-0.2, -0.15) is 0 Å². The van der Waals surface area contributed by atoms with Crippen molar-refractivity contribution in [3.8, 4) is 0 Å². The number of rotatable bonds is 5. The normalized spacial score (nSPS) is 12.8. The molecule has 3 heteroatoms. The van der Waals surface area contributed by atoms with E-state index in [4.69, 9.17) is 16.0 Å². The molecule has 0 amide bonds. The second-order valence-corrected chi connectivity index (χ2v) is 4.50. The molecule has 0 spiro atoms. The number of nitrogens with one attached hydrogen (secondary N) is 1. The highest BCUT2D eigenvalue weighted by Crippen LogP contribution is 2.29. The first-order valence-corrected chi connectivity index (χ1v) is 6.10. The van der Waals surface area contributed by atoms with E-state index in [1.165, 1.54) is 0 Å². The fourth-order valence-electron chi connectivity index (χ4n) is 1.84. The number of para-hydroxylation sites is 1. The third-order valence-corrected chi connectivity index (χ3v) is 3.10. The van der Waals surface area contributed by atoms with Crippen molar-refractivity contribution in [1.29, 1.82) is 0 Å². The van der Waals surface area contributed by atoms with Crippen LogP contribution in [0.4, 0.5) is 0 Å². The zero-order valence-electron chi connectivity index (χ0n) is 9.87. The summed E-state index contributed by atoms with van der Waals surface area (Å²) in [6.45, 7) is 6.56. The Hall–Kier alpha value is -1.25. The van der Waals surface area contributed by atoms with Crippen molar-refractivity contribution in [2.45, 2.75) is 25.9 Å². The summed E-state index contributed by atoms with van der Waals surface area (Å²) in [7, 11) is 0. The van der Waals surface area contributed by atoms with Crippen molar-refractivity contribution >= 4 is 22.6 Å². The third kappa shape index (κ3) is 2.71. The topological polar surface area (TPSA) is 25.2 Å². The molecule has 2 rings (SSSR count). The van der Waals surface area contributed by atoms with E-state index < -0.39 is 0 Å². The zero-order valence-corrected chi connectivity index (χ0v) is 10.6. The minimum Gasteiger partial charge on any atom is -0.444 e. The molecule has 0 saturated heterocycles. The van der Waals surface area contributed by atoms with Gasteiger partial charge >= 0.3 is 0 Å². The van der Waals surface area contributed by atoms with Crippen LogP contribution in [-0.4, -0.2) is 6.04 Å². The van der Waals surface area contributed by atoms with Gasteiger partial charge in [-0.25, -0.2) is 0 Å². The van der Waals surface area contributed by atoms with Crippen molar-refractivity contribution in [1.82, 2.24) is 5.32 Å². The van der Waals surface area contributed by atoms with Crippen LogP contribution in [-0.2, 0) is 6.54 Å². The van der Waals surface area contributed by atoms with Gasteiger partial charge in [-0.15, -0.1) is 6.58 Å². The van der Waals surface area contributed by atoms with Gasteiger partial charge in [0.05, 0.1) is 0 Å². The molecule has 2 aromatic rings. The van der Waals surface area contributed by atoms with Crippen LogP contribution in [0.15, 0.2) is 41.3 Å². The highest BCUT2D eigenvalue weighted by Gasteiger charge is 2.12. The Morgan fingerprint density at radius 2 is 2.24 bits per heavy atom. The Morgan fingerprint density at radius 1 is 1.47 bits per heavy atom.